The Morgan fingerprint density at radius 2 is 1.52 bits per heavy atom. The number of hydrogen-bond acceptors (Lipinski definition) is 4. The van der Waals surface area contributed by atoms with Crippen LogP contribution < -0.4 is 10.2 Å². The lowest BCUT2D eigenvalue weighted by molar-refractivity contribution is -0.114. The number of rotatable bonds is 6. The Balaban J connectivity index is 1.71. The molecule has 162 valence electrons. The molecule has 2 heterocycles. The number of ketones is 1. The van der Waals surface area contributed by atoms with E-state index in [2.05, 4.69) is 21.2 Å². The third kappa shape index (κ3) is 4.01. The molecule has 0 saturated carbocycles. The molecule has 3 aromatic carbocycles. The van der Waals surface area contributed by atoms with Crippen molar-refractivity contribution >= 4 is 39.0 Å². The molecular weight excluding hydrogens is 480 g/mol. The van der Waals surface area contributed by atoms with Gasteiger partial charge in [-0.1, -0.05) is 64.5 Å². The Labute approximate surface area is 199 Å². The molecule has 0 aliphatic carbocycles. The molecular formula is C27H19BrN2O3. The SMILES string of the molecule is O=C(C1=C(Nc2ccc(Br)cc2)C(=O)N(c2ccccc2)[C@H]1c1ccccc1)c1ccco1. The maximum Gasteiger partial charge on any atom is 0.276 e. The first-order chi connectivity index (χ1) is 16.1. The van der Waals surface area contributed by atoms with Crippen molar-refractivity contribution in [2.75, 3.05) is 10.2 Å². The first-order valence-corrected chi connectivity index (χ1v) is 11.2. The van der Waals surface area contributed by atoms with Gasteiger partial charge in [0.25, 0.3) is 5.91 Å². The summed E-state index contributed by atoms with van der Waals surface area (Å²) in [7, 11) is 0. The number of amides is 1. The fourth-order valence-electron chi connectivity index (χ4n) is 4.00. The zero-order valence-electron chi connectivity index (χ0n) is 17.4. The monoisotopic (exact) mass is 498 g/mol. The van der Waals surface area contributed by atoms with Crippen LogP contribution in [0.2, 0.25) is 0 Å². The largest absolute Gasteiger partial charge is 0.461 e. The fourth-order valence-corrected chi connectivity index (χ4v) is 4.27. The van der Waals surface area contributed by atoms with Crippen LogP contribution >= 0.6 is 15.9 Å². The van der Waals surface area contributed by atoms with Crippen LogP contribution in [0.1, 0.15) is 22.2 Å². The number of Topliss-reactive ketones (excluding diaryl/α,β-unsaturated/α-hetero) is 1. The van der Waals surface area contributed by atoms with Crippen LogP contribution in [-0.4, -0.2) is 11.7 Å². The number of hydrogen-bond donors (Lipinski definition) is 1. The summed E-state index contributed by atoms with van der Waals surface area (Å²) in [5, 5.41) is 3.22. The van der Waals surface area contributed by atoms with Crippen LogP contribution in [0.4, 0.5) is 11.4 Å². The van der Waals surface area contributed by atoms with Crippen molar-refractivity contribution < 1.29 is 14.0 Å². The summed E-state index contributed by atoms with van der Waals surface area (Å²) >= 11 is 3.43. The molecule has 1 aliphatic rings. The molecule has 6 heteroatoms. The second-order valence-electron chi connectivity index (χ2n) is 7.55. The minimum absolute atomic E-state index is 0.184. The highest BCUT2D eigenvalue weighted by molar-refractivity contribution is 9.10. The third-order valence-electron chi connectivity index (χ3n) is 5.49. The van der Waals surface area contributed by atoms with Gasteiger partial charge >= 0.3 is 0 Å². The molecule has 5 nitrogen and oxygen atoms in total. The second-order valence-corrected chi connectivity index (χ2v) is 8.47. The molecule has 0 fully saturated rings. The number of carbonyl (C=O) groups excluding carboxylic acids is 2. The van der Waals surface area contributed by atoms with E-state index in [1.54, 1.807) is 17.0 Å². The third-order valence-corrected chi connectivity index (χ3v) is 6.02. The molecule has 0 spiro atoms. The molecule has 5 rings (SSSR count). The van der Waals surface area contributed by atoms with Gasteiger partial charge in [0, 0.05) is 15.8 Å². The van der Waals surface area contributed by atoms with Crippen molar-refractivity contribution in [3.63, 3.8) is 0 Å². The Kier molecular flexibility index (Phi) is 5.67. The molecule has 0 bridgehead atoms. The van der Waals surface area contributed by atoms with E-state index < -0.39 is 6.04 Å². The van der Waals surface area contributed by atoms with E-state index in [1.807, 2.05) is 84.9 Å². The van der Waals surface area contributed by atoms with Crippen LogP contribution in [-0.2, 0) is 4.79 Å². The first kappa shape index (κ1) is 21.0. The van der Waals surface area contributed by atoms with Crippen molar-refractivity contribution in [2.45, 2.75) is 6.04 Å². The average molecular weight is 499 g/mol. The first-order valence-electron chi connectivity index (χ1n) is 10.4. The van der Waals surface area contributed by atoms with E-state index in [0.717, 1.165) is 10.0 Å². The van der Waals surface area contributed by atoms with Gasteiger partial charge in [0.1, 0.15) is 5.70 Å². The topological polar surface area (TPSA) is 62.6 Å². The number of furan rings is 1. The number of anilines is 2. The normalized spacial score (nSPS) is 15.7. The average Bonchev–Trinajstić information content (AvgIpc) is 3.49. The van der Waals surface area contributed by atoms with Crippen molar-refractivity contribution in [3.05, 3.63) is 130 Å². The molecule has 0 unspecified atom stereocenters. The van der Waals surface area contributed by atoms with E-state index in [9.17, 15) is 9.59 Å². The van der Waals surface area contributed by atoms with Gasteiger partial charge in [-0.3, -0.25) is 14.5 Å². The highest BCUT2D eigenvalue weighted by atomic mass is 79.9. The van der Waals surface area contributed by atoms with Gasteiger partial charge < -0.3 is 9.73 Å². The lowest BCUT2D eigenvalue weighted by Crippen LogP contribution is -2.31. The lowest BCUT2D eigenvalue weighted by Gasteiger charge is -2.27. The molecule has 1 atom stereocenters. The van der Waals surface area contributed by atoms with Gasteiger partial charge in [-0.15, -0.1) is 0 Å². The zero-order chi connectivity index (χ0) is 22.8. The van der Waals surface area contributed by atoms with Crippen molar-refractivity contribution in [1.82, 2.24) is 0 Å². The number of halogens is 1. The minimum Gasteiger partial charge on any atom is -0.461 e. The summed E-state index contributed by atoms with van der Waals surface area (Å²) < 4.78 is 6.35. The summed E-state index contributed by atoms with van der Waals surface area (Å²) in [6.07, 6.45) is 1.46. The molecule has 1 N–H and O–H groups in total. The second kappa shape index (κ2) is 8.92. The Morgan fingerprint density at radius 3 is 2.15 bits per heavy atom. The highest BCUT2D eigenvalue weighted by Crippen LogP contribution is 2.42. The maximum atomic E-state index is 13.9. The Hall–Kier alpha value is -3.90. The van der Waals surface area contributed by atoms with Crippen LogP contribution in [0.5, 0.6) is 0 Å². The Morgan fingerprint density at radius 1 is 0.848 bits per heavy atom. The highest BCUT2D eigenvalue weighted by Gasteiger charge is 2.45. The van der Waals surface area contributed by atoms with Crippen LogP contribution in [0, 0.1) is 0 Å². The van der Waals surface area contributed by atoms with Crippen molar-refractivity contribution in [2.24, 2.45) is 0 Å². The predicted octanol–water partition coefficient (Wildman–Crippen LogP) is 6.38. The van der Waals surface area contributed by atoms with E-state index in [-0.39, 0.29) is 23.1 Å². The molecule has 0 radical (unpaired) electrons. The summed E-state index contributed by atoms with van der Waals surface area (Å²) in [5.74, 6) is -0.433. The van der Waals surface area contributed by atoms with E-state index in [4.69, 9.17) is 4.42 Å². The summed E-state index contributed by atoms with van der Waals surface area (Å²) in [6, 6.07) is 29.0. The maximum absolute atomic E-state index is 13.9. The Bertz CT molecular complexity index is 1320. The number of nitrogens with one attached hydrogen (secondary N) is 1. The van der Waals surface area contributed by atoms with Gasteiger partial charge in [-0.05, 0) is 54.1 Å². The van der Waals surface area contributed by atoms with Crippen LogP contribution in [0.15, 0.2) is 123 Å². The summed E-state index contributed by atoms with van der Waals surface area (Å²) in [4.78, 5) is 29.2. The van der Waals surface area contributed by atoms with Crippen LogP contribution in [0.25, 0.3) is 0 Å². The molecule has 33 heavy (non-hydrogen) atoms. The van der Waals surface area contributed by atoms with Gasteiger partial charge in [0.05, 0.1) is 17.9 Å². The van der Waals surface area contributed by atoms with Gasteiger partial charge in [-0.2, -0.15) is 0 Å². The van der Waals surface area contributed by atoms with E-state index in [0.29, 0.717) is 16.9 Å². The molecule has 1 amide bonds. The van der Waals surface area contributed by atoms with Crippen LogP contribution in [0.3, 0.4) is 0 Å². The fraction of sp³-hybridized carbons (Fsp3) is 0.0370. The number of nitrogens with zero attached hydrogens (tertiary/aromatic N) is 1. The molecule has 1 aromatic heterocycles. The zero-order valence-corrected chi connectivity index (χ0v) is 19.0. The minimum atomic E-state index is -0.614. The quantitative estimate of drug-likeness (QED) is 0.313. The summed E-state index contributed by atoms with van der Waals surface area (Å²) in [5.41, 5.74) is 2.81. The lowest BCUT2D eigenvalue weighted by atomic mass is 9.94. The van der Waals surface area contributed by atoms with Gasteiger partial charge in [0.2, 0.25) is 5.78 Å². The van der Waals surface area contributed by atoms with E-state index in [1.165, 1.54) is 6.26 Å². The molecule has 1 aliphatic heterocycles. The summed E-state index contributed by atoms with van der Waals surface area (Å²) in [6.45, 7) is 0. The number of benzene rings is 3. The number of carbonyl (C=O) groups is 2. The molecule has 4 aromatic rings. The number of para-hydroxylation sites is 1. The van der Waals surface area contributed by atoms with Crippen molar-refractivity contribution in [3.8, 4) is 0 Å². The molecule has 0 saturated heterocycles. The predicted molar refractivity (Wildman–Crippen MR) is 131 cm³/mol. The smallest absolute Gasteiger partial charge is 0.276 e. The standard InChI is InChI=1S/C27H19BrN2O3/c28-19-13-15-20(16-14-19)29-24-23(26(31)22-12-7-17-33-22)25(18-8-3-1-4-9-18)30(27(24)32)21-10-5-2-6-11-21/h1-17,25,29H/t25-/m0/s1. The van der Waals surface area contributed by atoms with Crippen molar-refractivity contribution in [1.29, 1.82) is 0 Å². The van der Waals surface area contributed by atoms with Gasteiger partial charge in [-0.25, -0.2) is 0 Å². The van der Waals surface area contributed by atoms with E-state index >= 15 is 0 Å². The van der Waals surface area contributed by atoms with Gasteiger partial charge in [0.15, 0.2) is 5.76 Å².